The molecule has 3 fully saturated rings. The molecule has 2 aromatic carbocycles. The lowest BCUT2D eigenvalue weighted by atomic mass is 9.81. The van der Waals surface area contributed by atoms with Crippen molar-refractivity contribution in [3.05, 3.63) is 70.5 Å². The summed E-state index contributed by atoms with van der Waals surface area (Å²) in [6, 6.07) is 15.4. The Bertz CT molecular complexity index is 1100. The van der Waals surface area contributed by atoms with E-state index in [-0.39, 0.29) is 29.4 Å². The second-order valence-electron chi connectivity index (χ2n) is 9.77. The van der Waals surface area contributed by atoms with Crippen LogP contribution in [0.2, 0.25) is 0 Å². The molecule has 0 aromatic heterocycles. The number of benzene rings is 2. The van der Waals surface area contributed by atoms with Crippen LogP contribution >= 0.6 is 0 Å². The highest BCUT2D eigenvalue weighted by molar-refractivity contribution is 7.89. The van der Waals surface area contributed by atoms with Gasteiger partial charge in [0.2, 0.25) is 10.0 Å². The number of rotatable bonds is 7. The van der Waals surface area contributed by atoms with Crippen LogP contribution in [0.3, 0.4) is 0 Å². The van der Waals surface area contributed by atoms with E-state index < -0.39 is 10.0 Å². The number of nitrogens with zero attached hydrogens (tertiary/aromatic N) is 1. The van der Waals surface area contributed by atoms with Crippen molar-refractivity contribution in [2.45, 2.75) is 50.2 Å². The fourth-order valence-corrected chi connectivity index (χ4v) is 7.53. The zero-order valence-electron chi connectivity index (χ0n) is 17.1. The highest BCUT2D eigenvalue weighted by atomic mass is 32.2. The third-order valence-corrected chi connectivity index (χ3v) is 9.32. The van der Waals surface area contributed by atoms with E-state index in [2.05, 4.69) is 40.9 Å². The maximum atomic E-state index is 14.9. The van der Waals surface area contributed by atoms with Gasteiger partial charge in [0, 0.05) is 29.6 Å². The first-order valence-corrected chi connectivity index (χ1v) is 12.6. The van der Waals surface area contributed by atoms with Gasteiger partial charge in [-0.2, -0.15) is 0 Å². The van der Waals surface area contributed by atoms with Crippen molar-refractivity contribution in [3.8, 4) is 0 Å². The van der Waals surface area contributed by atoms with Crippen LogP contribution in [0.5, 0.6) is 0 Å². The van der Waals surface area contributed by atoms with Crippen molar-refractivity contribution < 1.29 is 12.8 Å². The van der Waals surface area contributed by atoms with Crippen molar-refractivity contribution >= 4 is 10.0 Å². The number of likely N-dealkylation sites (N-methyl/N-ethyl adjacent to an activating group) is 1. The molecule has 6 rings (SSSR count). The molecule has 0 bridgehead atoms. The predicted octanol–water partition coefficient (Wildman–Crippen LogP) is 3.22. The van der Waals surface area contributed by atoms with Gasteiger partial charge in [-0.1, -0.05) is 36.4 Å². The number of hydrogen-bond acceptors (Lipinski definition) is 3. The first-order valence-electron chi connectivity index (χ1n) is 10.9. The molecule has 4 nitrogen and oxygen atoms in total. The Labute approximate surface area is 177 Å². The maximum absolute atomic E-state index is 14.9. The van der Waals surface area contributed by atoms with Crippen LogP contribution in [-0.2, 0) is 29.4 Å². The third-order valence-electron chi connectivity index (χ3n) is 7.83. The van der Waals surface area contributed by atoms with Gasteiger partial charge in [0.25, 0.3) is 0 Å². The summed E-state index contributed by atoms with van der Waals surface area (Å²) < 4.78 is 42.0. The fraction of sp³-hybridized carbons (Fsp3) is 0.500. The Kier molecular flexibility index (Phi) is 4.03. The van der Waals surface area contributed by atoms with Gasteiger partial charge in [-0.05, 0) is 67.3 Å². The SMILES string of the molecule is CN1C2C1C21Cc2cc(F)c(CNS(=O)(=O)CC3CC3)cc2C1Cc1ccccc1. The summed E-state index contributed by atoms with van der Waals surface area (Å²) >= 11 is 0. The first-order chi connectivity index (χ1) is 14.4. The molecule has 3 unspecified atom stereocenters. The molecule has 3 aliphatic carbocycles. The van der Waals surface area contributed by atoms with Gasteiger partial charge in [0.05, 0.1) is 5.75 Å². The van der Waals surface area contributed by atoms with Crippen molar-refractivity contribution in [3.63, 3.8) is 0 Å². The van der Waals surface area contributed by atoms with Crippen LogP contribution in [0.15, 0.2) is 42.5 Å². The van der Waals surface area contributed by atoms with Crippen LogP contribution in [0.1, 0.15) is 41.0 Å². The summed E-state index contributed by atoms with van der Waals surface area (Å²) in [5.41, 5.74) is 4.34. The lowest BCUT2D eigenvalue weighted by Gasteiger charge is -2.29. The number of sulfonamides is 1. The lowest BCUT2D eigenvalue weighted by molar-refractivity contribution is 0.226. The summed E-state index contributed by atoms with van der Waals surface area (Å²) in [4.78, 5) is 2.41. The fourth-order valence-electron chi connectivity index (χ4n) is 6.08. The van der Waals surface area contributed by atoms with E-state index in [1.165, 1.54) is 11.1 Å². The number of hydrogen-bond donors (Lipinski definition) is 1. The Morgan fingerprint density at radius 1 is 1.17 bits per heavy atom. The average Bonchev–Trinajstić information content (AvgIpc) is 3.64. The molecular weight excluding hydrogens is 399 g/mol. The minimum Gasteiger partial charge on any atom is -0.296 e. The molecule has 2 saturated carbocycles. The largest absolute Gasteiger partial charge is 0.296 e. The molecule has 1 spiro atoms. The molecule has 0 radical (unpaired) electrons. The monoisotopic (exact) mass is 426 g/mol. The zero-order valence-corrected chi connectivity index (χ0v) is 18.0. The molecule has 2 aromatic rings. The number of likely N-dealkylation sites (tertiary alicyclic amines) is 1. The van der Waals surface area contributed by atoms with Crippen molar-refractivity contribution in [1.29, 1.82) is 0 Å². The molecule has 1 saturated heterocycles. The minimum atomic E-state index is -3.35. The summed E-state index contributed by atoms with van der Waals surface area (Å²) in [6.07, 6.45) is 3.85. The maximum Gasteiger partial charge on any atom is 0.212 e. The molecule has 1 N–H and O–H groups in total. The van der Waals surface area contributed by atoms with E-state index >= 15 is 0 Å². The van der Waals surface area contributed by atoms with Gasteiger partial charge in [-0.25, -0.2) is 17.5 Å². The zero-order chi connectivity index (χ0) is 20.7. The van der Waals surface area contributed by atoms with E-state index in [9.17, 15) is 12.8 Å². The normalized spacial score (nSPS) is 33.4. The Hall–Kier alpha value is -1.76. The van der Waals surface area contributed by atoms with Gasteiger partial charge < -0.3 is 0 Å². The van der Waals surface area contributed by atoms with E-state index in [4.69, 9.17) is 0 Å². The molecule has 4 aliphatic rings. The topological polar surface area (TPSA) is 49.2 Å². The number of fused-ring (bicyclic) bond motifs is 4. The summed E-state index contributed by atoms with van der Waals surface area (Å²) in [5, 5.41) is 0. The van der Waals surface area contributed by atoms with Gasteiger partial charge in [0.15, 0.2) is 0 Å². The quantitative estimate of drug-likeness (QED) is 0.692. The Balaban J connectivity index is 1.28. The Morgan fingerprint density at radius 3 is 2.57 bits per heavy atom. The third kappa shape index (κ3) is 2.95. The molecule has 1 heterocycles. The van der Waals surface area contributed by atoms with Gasteiger partial charge in [-0.3, -0.25) is 4.90 Å². The van der Waals surface area contributed by atoms with Crippen molar-refractivity contribution in [1.82, 2.24) is 9.62 Å². The van der Waals surface area contributed by atoms with E-state index in [0.29, 0.717) is 23.6 Å². The second kappa shape index (κ2) is 6.38. The van der Waals surface area contributed by atoms with Crippen LogP contribution in [-0.4, -0.2) is 38.2 Å². The van der Waals surface area contributed by atoms with Gasteiger partial charge >= 0.3 is 0 Å². The highest BCUT2D eigenvalue weighted by Crippen LogP contribution is 2.76. The van der Waals surface area contributed by atoms with Crippen LogP contribution in [0, 0.1) is 17.2 Å². The lowest BCUT2D eigenvalue weighted by Crippen LogP contribution is -2.31. The van der Waals surface area contributed by atoms with Crippen LogP contribution in [0.25, 0.3) is 0 Å². The smallest absolute Gasteiger partial charge is 0.212 e. The van der Waals surface area contributed by atoms with Gasteiger partial charge in [-0.15, -0.1) is 0 Å². The number of halogens is 1. The van der Waals surface area contributed by atoms with Crippen molar-refractivity contribution in [2.75, 3.05) is 12.8 Å². The standard InChI is InChI=1S/C24H27FN2O2S/c1-27-22-23(27)24(22)12-17-11-21(25)18(13-26-30(28,29)14-16-7-8-16)10-19(17)20(24)9-15-5-3-2-4-6-15/h2-6,10-11,16,20,22-23,26H,7-9,12-14H2,1H3. The van der Waals surface area contributed by atoms with Crippen LogP contribution in [0.4, 0.5) is 4.39 Å². The number of nitrogens with one attached hydrogen (secondary N) is 1. The summed E-state index contributed by atoms with van der Waals surface area (Å²) in [5.74, 6) is 0.514. The molecule has 0 amide bonds. The Morgan fingerprint density at radius 2 is 1.90 bits per heavy atom. The summed E-state index contributed by atoms with van der Waals surface area (Å²) in [6.45, 7) is 0.0337. The molecular formula is C24H27FN2O2S. The molecule has 30 heavy (non-hydrogen) atoms. The first kappa shape index (κ1) is 19.0. The van der Waals surface area contributed by atoms with E-state index in [1.807, 2.05) is 12.1 Å². The molecule has 158 valence electrons. The second-order valence-corrected chi connectivity index (χ2v) is 11.6. The minimum absolute atomic E-state index is 0.0337. The van der Waals surface area contributed by atoms with E-state index in [1.54, 1.807) is 6.07 Å². The van der Waals surface area contributed by atoms with E-state index in [0.717, 1.165) is 31.2 Å². The summed E-state index contributed by atoms with van der Waals surface area (Å²) in [7, 11) is -1.18. The van der Waals surface area contributed by atoms with Crippen LogP contribution < -0.4 is 4.72 Å². The predicted molar refractivity (Wildman–Crippen MR) is 114 cm³/mol. The van der Waals surface area contributed by atoms with Crippen molar-refractivity contribution in [2.24, 2.45) is 11.3 Å². The molecule has 1 aliphatic heterocycles. The molecule has 6 heteroatoms. The van der Waals surface area contributed by atoms with Gasteiger partial charge in [0.1, 0.15) is 5.82 Å². The average molecular weight is 427 g/mol. The highest BCUT2D eigenvalue weighted by Gasteiger charge is 2.84. The molecule has 3 atom stereocenters.